The molecule has 290 valence electrons. The molecule has 3 aromatic carbocycles. The lowest BCUT2D eigenvalue weighted by Crippen LogP contribution is -2.90. The maximum atomic E-state index is 14.0. The van der Waals surface area contributed by atoms with Crippen LogP contribution in [0.15, 0.2) is 84.7 Å². The van der Waals surface area contributed by atoms with Gasteiger partial charge in [-0.05, 0) is 84.6 Å². The van der Waals surface area contributed by atoms with E-state index in [1.165, 1.54) is 49.5 Å². The van der Waals surface area contributed by atoms with Gasteiger partial charge in [0.25, 0.3) is 0 Å². The number of aliphatic hydroxyl groups excluding tert-OH is 1. The van der Waals surface area contributed by atoms with Gasteiger partial charge in [0.2, 0.25) is 5.60 Å². The van der Waals surface area contributed by atoms with Gasteiger partial charge in [-0.2, -0.15) is 0 Å². The number of carbonyl (C=O) groups excluding carboxylic acids is 2. The lowest BCUT2D eigenvalue weighted by molar-refractivity contribution is -0.387. The Balaban J connectivity index is 1.56. The van der Waals surface area contributed by atoms with Crippen LogP contribution < -0.4 is 5.32 Å². The van der Waals surface area contributed by atoms with E-state index in [9.17, 15) is 55.2 Å². The zero-order valence-electron chi connectivity index (χ0n) is 29.7. The Bertz CT molecular complexity index is 2110. The molecule has 4 aliphatic rings. The van der Waals surface area contributed by atoms with Crippen LogP contribution in [0.2, 0.25) is 0 Å². The van der Waals surface area contributed by atoms with Gasteiger partial charge in [-0.3, -0.25) is 5.32 Å². The van der Waals surface area contributed by atoms with E-state index < -0.39 is 93.6 Å². The van der Waals surface area contributed by atoms with Crippen LogP contribution in [-0.2, 0) is 41.4 Å². The predicted molar refractivity (Wildman–Crippen MR) is 193 cm³/mol. The van der Waals surface area contributed by atoms with Crippen molar-refractivity contribution in [1.82, 2.24) is 5.32 Å². The van der Waals surface area contributed by atoms with E-state index in [2.05, 4.69) is 5.32 Å². The predicted octanol–water partition coefficient (Wildman–Crippen LogP) is 2.82. The molecule has 1 saturated heterocycles. The number of hydrogen-bond acceptors (Lipinski definition) is 14. The van der Waals surface area contributed by atoms with E-state index in [1.54, 1.807) is 18.2 Å². The molecule has 9 N–H and O–H groups in total. The van der Waals surface area contributed by atoms with Gasteiger partial charge in [-0.15, -0.1) is 0 Å². The maximum absolute atomic E-state index is 14.0. The second-order valence-electron chi connectivity index (χ2n) is 13.9. The molecule has 1 spiro atoms. The van der Waals surface area contributed by atoms with E-state index in [-0.39, 0.29) is 24.2 Å². The number of carbonyl (C=O) groups is 3. The molecular weight excluding hydrogens is 718 g/mol. The number of carboxylic acids is 1. The summed E-state index contributed by atoms with van der Waals surface area (Å²) in [7, 11) is 1.32. The number of ether oxygens (including phenoxy) is 3. The first-order chi connectivity index (χ1) is 26.0. The number of aliphatic carboxylic acids is 1. The Hall–Kier alpha value is -5.87. The van der Waals surface area contributed by atoms with Crippen molar-refractivity contribution in [2.24, 2.45) is 11.8 Å². The highest BCUT2D eigenvalue weighted by Gasteiger charge is 2.85. The molecule has 15 heteroatoms. The fourth-order valence-corrected chi connectivity index (χ4v) is 8.03. The molecule has 0 amide bonds. The second-order valence-corrected chi connectivity index (χ2v) is 13.9. The summed E-state index contributed by atoms with van der Waals surface area (Å²) >= 11 is 0. The molecule has 7 rings (SSSR count). The number of carboxylic acid groups (broad SMARTS) is 1. The third-order valence-electron chi connectivity index (χ3n) is 10.8. The zero-order valence-corrected chi connectivity index (χ0v) is 29.7. The van der Waals surface area contributed by atoms with Crippen LogP contribution in [0, 0.1) is 11.8 Å². The number of aliphatic hydroxyl groups is 3. The van der Waals surface area contributed by atoms with Gasteiger partial charge in [0, 0.05) is 24.5 Å². The molecule has 7 atom stereocenters. The second kappa shape index (κ2) is 14.4. The SMILES string of the molecule is CCc1cccc(C[C@@H]2[C@@H](OC(=O)/C=C/c3ccc(O)c(O)c3)[C@@]3(OC(=O)/C=C/c4ccc(O)c(O)c4)[C@@]4(C[C@]2(O)C(=O)O)OC[C@H](C=C4O)[C@@]3(O)NC)c1. The van der Waals surface area contributed by atoms with E-state index in [4.69, 9.17) is 14.2 Å². The van der Waals surface area contributed by atoms with E-state index in [0.717, 1.165) is 29.8 Å². The molecule has 0 radical (unpaired) electrons. The smallest absolute Gasteiger partial charge is 0.336 e. The summed E-state index contributed by atoms with van der Waals surface area (Å²) in [6.45, 7) is 1.55. The monoisotopic (exact) mass is 759 g/mol. The number of esters is 2. The Labute approximate surface area is 314 Å². The molecule has 55 heavy (non-hydrogen) atoms. The highest BCUT2D eigenvalue weighted by molar-refractivity contribution is 5.89. The van der Waals surface area contributed by atoms with Crippen molar-refractivity contribution in [1.29, 1.82) is 0 Å². The normalized spacial score (nSPS) is 29.8. The lowest BCUT2D eigenvalue weighted by atomic mass is 9.49. The first-order valence-electron chi connectivity index (χ1n) is 17.4. The minimum absolute atomic E-state index is 0.235. The molecule has 0 unspecified atom stereocenters. The number of hydrogen-bond donors (Lipinski definition) is 9. The summed E-state index contributed by atoms with van der Waals surface area (Å²) in [5.74, 6) is -9.53. The van der Waals surface area contributed by atoms with Crippen LogP contribution in [0.4, 0.5) is 0 Å². The van der Waals surface area contributed by atoms with Crippen molar-refractivity contribution < 1.29 is 69.4 Å². The summed E-state index contributed by atoms with van der Waals surface area (Å²) in [4.78, 5) is 41.2. The van der Waals surface area contributed by atoms with Crippen LogP contribution in [0.1, 0.15) is 35.6 Å². The third-order valence-corrected chi connectivity index (χ3v) is 10.8. The first kappa shape index (κ1) is 38.8. The number of nitrogens with one attached hydrogen (secondary N) is 1. The third kappa shape index (κ3) is 6.44. The topological polar surface area (TPSA) is 253 Å². The summed E-state index contributed by atoms with van der Waals surface area (Å²) in [5, 5.41) is 89.7. The number of aryl methyl sites for hydroxylation is 1. The first-order valence-corrected chi connectivity index (χ1v) is 17.4. The molecule has 15 nitrogen and oxygen atoms in total. The number of rotatable bonds is 11. The summed E-state index contributed by atoms with van der Waals surface area (Å²) < 4.78 is 18.4. The minimum atomic E-state index is -2.87. The van der Waals surface area contributed by atoms with Gasteiger partial charge in [-0.25, -0.2) is 14.4 Å². The van der Waals surface area contributed by atoms with Crippen LogP contribution >= 0.6 is 0 Å². The van der Waals surface area contributed by atoms with Crippen LogP contribution in [0.25, 0.3) is 12.2 Å². The largest absolute Gasteiger partial charge is 0.509 e. The van der Waals surface area contributed by atoms with Gasteiger partial charge >= 0.3 is 17.9 Å². The van der Waals surface area contributed by atoms with Gasteiger partial charge in [0.15, 0.2) is 46.0 Å². The average molecular weight is 760 g/mol. The number of benzene rings is 3. The molecule has 2 aliphatic heterocycles. The Morgan fingerprint density at radius 2 is 1.45 bits per heavy atom. The summed E-state index contributed by atoms with van der Waals surface area (Å²) in [5.41, 5.74) is -8.75. The molecule has 3 aromatic rings. The fraction of sp³-hybridized carbons (Fsp3) is 0.325. The highest BCUT2D eigenvalue weighted by Crippen LogP contribution is 2.63. The molecular formula is C40H41NO14. The summed E-state index contributed by atoms with van der Waals surface area (Å²) in [6, 6.07) is 14.4. The highest BCUT2D eigenvalue weighted by atomic mass is 16.6. The van der Waals surface area contributed by atoms with Gasteiger partial charge in [0.05, 0.1) is 12.5 Å². The quantitative estimate of drug-likeness (QED) is 0.0590. The van der Waals surface area contributed by atoms with E-state index >= 15 is 0 Å². The molecule has 2 heterocycles. The van der Waals surface area contributed by atoms with Gasteiger partial charge in [-0.1, -0.05) is 43.3 Å². The number of phenols is 4. The van der Waals surface area contributed by atoms with Crippen LogP contribution in [0.3, 0.4) is 0 Å². The lowest BCUT2D eigenvalue weighted by Gasteiger charge is -2.69. The van der Waals surface area contributed by atoms with Crippen molar-refractivity contribution in [3.8, 4) is 23.0 Å². The molecule has 0 aromatic heterocycles. The number of aromatic hydroxyl groups is 4. The molecule has 2 fully saturated rings. The fourth-order valence-electron chi connectivity index (χ4n) is 8.03. The van der Waals surface area contributed by atoms with Crippen molar-refractivity contribution in [3.63, 3.8) is 0 Å². The van der Waals surface area contributed by atoms with Crippen molar-refractivity contribution in [2.75, 3.05) is 13.7 Å². The summed E-state index contributed by atoms with van der Waals surface area (Å²) in [6.07, 6.45) is 2.65. The zero-order chi connectivity index (χ0) is 39.9. The maximum Gasteiger partial charge on any atom is 0.336 e. The minimum Gasteiger partial charge on any atom is -0.509 e. The van der Waals surface area contributed by atoms with Crippen LogP contribution in [-0.4, -0.2) is 101 Å². The van der Waals surface area contributed by atoms with E-state index in [1.807, 2.05) is 13.0 Å². The molecule has 2 bridgehead atoms. The molecule has 2 aliphatic carbocycles. The van der Waals surface area contributed by atoms with Crippen LogP contribution in [0.5, 0.6) is 23.0 Å². The Kier molecular flexibility index (Phi) is 10.2. The van der Waals surface area contributed by atoms with Gasteiger partial charge in [0.1, 0.15) is 5.76 Å². The number of likely N-dealkylation sites (N-methyl/N-ethyl adjacent to an activating group) is 1. The van der Waals surface area contributed by atoms with Crippen molar-refractivity contribution in [3.05, 3.63) is 107 Å². The number of fused-ring (bicyclic) bond motifs is 1. The Morgan fingerprint density at radius 3 is 2.00 bits per heavy atom. The van der Waals surface area contributed by atoms with Gasteiger partial charge < -0.3 is 55.1 Å². The van der Waals surface area contributed by atoms with Crippen molar-refractivity contribution in [2.45, 2.75) is 54.8 Å². The average Bonchev–Trinajstić information content (AvgIpc) is 3.15. The van der Waals surface area contributed by atoms with Crippen molar-refractivity contribution >= 4 is 30.1 Å². The standard InChI is InChI=1S/C40H41NO14/c1-3-22-5-4-6-25(15-22)16-27-35(54-33(47)13-9-23-7-11-28(42)30(44)17-23)39(55-34(48)14-10-24-8-12-29(43)31(45)18-24)38(21-37(27,51)36(49)50)32(46)19-26(20-53-38)40(39,52)41-2/h4-15,17-19,26-27,35,41-46,51-52H,3,16,20-21H2,1-2H3,(H,49,50)/b13-9+,14-10+/t26-,27+,35+,37+,38-,39+,40-/m0/s1. The Morgan fingerprint density at radius 1 is 0.855 bits per heavy atom. The number of phenolic OH excluding ortho intramolecular Hbond substituents is 4. The molecule has 1 saturated carbocycles. The van der Waals surface area contributed by atoms with E-state index in [0.29, 0.717) is 12.0 Å².